The molecule has 1 saturated carbocycles. The number of urea groups is 1. The number of amides is 2. The van der Waals surface area contributed by atoms with Crippen molar-refractivity contribution in [2.24, 2.45) is 0 Å². The molecule has 0 bridgehead atoms. The number of carbonyl (C=O) groups excluding carboxylic acids is 1. The van der Waals surface area contributed by atoms with Crippen molar-refractivity contribution in [3.8, 4) is 0 Å². The molecule has 1 aliphatic carbocycles. The first-order valence-electron chi connectivity index (χ1n) is 5.89. The van der Waals surface area contributed by atoms with Crippen molar-refractivity contribution in [2.75, 3.05) is 5.32 Å². The van der Waals surface area contributed by atoms with E-state index < -0.39 is 0 Å². The zero-order valence-corrected chi connectivity index (χ0v) is 9.60. The number of anilines is 1. The summed E-state index contributed by atoms with van der Waals surface area (Å²) in [5, 5.41) is 15.0. The van der Waals surface area contributed by atoms with Gasteiger partial charge in [0.05, 0.1) is 6.10 Å². The second-order valence-electron chi connectivity index (χ2n) is 4.34. The van der Waals surface area contributed by atoms with E-state index in [9.17, 15) is 9.90 Å². The van der Waals surface area contributed by atoms with E-state index in [0.717, 1.165) is 31.4 Å². The lowest BCUT2D eigenvalue weighted by molar-refractivity contribution is 0.118. The first kappa shape index (κ1) is 11.9. The van der Waals surface area contributed by atoms with E-state index in [1.807, 2.05) is 0 Å². The summed E-state index contributed by atoms with van der Waals surface area (Å²) in [6.07, 6.45) is 6.27. The van der Waals surface area contributed by atoms with Crippen LogP contribution < -0.4 is 10.6 Å². The van der Waals surface area contributed by atoms with E-state index in [4.69, 9.17) is 0 Å². The Bertz CT molecular complexity index is 361. The quantitative estimate of drug-likeness (QED) is 0.727. The van der Waals surface area contributed by atoms with Crippen LogP contribution in [0.4, 0.5) is 10.5 Å². The molecule has 5 nitrogen and oxygen atoms in total. The van der Waals surface area contributed by atoms with E-state index in [2.05, 4.69) is 15.6 Å². The maximum atomic E-state index is 11.7. The Hall–Kier alpha value is -1.62. The third kappa shape index (κ3) is 3.71. The van der Waals surface area contributed by atoms with Crippen LogP contribution in [-0.4, -0.2) is 28.3 Å². The van der Waals surface area contributed by atoms with Crippen molar-refractivity contribution in [1.82, 2.24) is 10.3 Å². The monoisotopic (exact) mass is 235 g/mol. The van der Waals surface area contributed by atoms with Crippen LogP contribution in [0.2, 0.25) is 0 Å². The average Bonchev–Trinajstić information content (AvgIpc) is 2.33. The van der Waals surface area contributed by atoms with Crippen LogP contribution in [0, 0.1) is 0 Å². The number of hydrogen-bond donors (Lipinski definition) is 3. The number of aliphatic hydroxyl groups excluding tert-OH is 1. The molecule has 0 saturated heterocycles. The van der Waals surface area contributed by atoms with Crippen LogP contribution >= 0.6 is 0 Å². The lowest BCUT2D eigenvalue weighted by Crippen LogP contribution is -2.40. The van der Waals surface area contributed by atoms with E-state index in [-0.39, 0.29) is 18.2 Å². The molecule has 0 atom stereocenters. The summed E-state index contributed by atoms with van der Waals surface area (Å²) < 4.78 is 0. The molecule has 0 unspecified atom stereocenters. The third-order valence-electron chi connectivity index (χ3n) is 2.97. The summed E-state index contributed by atoms with van der Waals surface area (Å²) in [4.78, 5) is 15.5. The second-order valence-corrected chi connectivity index (χ2v) is 4.34. The lowest BCUT2D eigenvalue weighted by atomic mass is 9.93. The van der Waals surface area contributed by atoms with Crippen molar-refractivity contribution in [2.45, 2.75) is 37.8 Å². The predicted octanol–water partition coefficient (Wildman–Crippen LogP) is 1.51. The van der Waals surface area contributed by atoms with E-state index in [0.29, 0.717) is 0 Å². The van der Waals surface area contributed by atoms with Gasteiger partial charge in [-0.2, -0.15) is 0 Å². The normalized spacial score (nSPS) is 24.1. The molecule has 0 radical (unpaired) electrons. The molecule has 92 valence electrons. The molecule has 2 rings (SSSR count). The van der Waals surface area contributed by atoms with Gasteiger partial charge in [0.1, 0.15) is 0 Å². The Morgan fingerprint density at radius 1 is 1.24 bits per heavy atom. The minimum absolute atomic E-state index is 0.167. The Morgan fingerprint density at radius 3 is 2.53 bits per heavy atom. The molecule has 1 fully saturated rings. The van der Waals surface area contributed by atoms with Crippen molar-refractivity contribution in [3.63, 3.8) is 0 Å². The lowest BCUT2D eigenvalue weighted by Gasteiger charge is -2.26. The maximum absolute atomic E-state index is 11.7. The fourth-order valence-corrected chi connectivity index (χ4v) is 2.01. The maximum Gasteiger partial charge on any atom is 0.319 e. The highest BCUT2D eigenvalue weighted by Crippen LogP contribution is 2.18. The van der Waals surface area contributed by atoms with Gasteiger partial charge >= 0.3 is 6.03 Å². The van der Waals surface area contributed by atoms with Crippen LogP contribution in [0.5, 0.6) is 0 Å². The highest BCUT2D eigenvalue weighted by Gasteiger charge is 2.20. The Morgan fingerprint density at radius 2 is 1.88 bits per heavy atom. The molecule has 1 aliphatic rings. The zero-order valence-electron chi connectivity index (χ0n) is 9.60. The topological polar surface area (TPSA) is 74.2 Å². The summed E-state index contributed by atoms with van der Waals surface area (Å²) in [7, 11) is 0. The number of nitrogens with one attached hydrogen (secondary N) is 2. The number of pyridine rings is 1. The van der Waals surface area contributed by atoms with Crippen molar-refractivity contribution in [1.29, 1.82) is 0 Å². The van der Waals surface area contributed by atoms with Crippen LogP contribution in [0.15, 0.2) is 24.5 Å². The van der Waals surface area contributed by atoms with Crippen LogP contribution in [0.3, 0.4) is 0 Å². The van der Waals surface area contributed by atoms with Gasteiger partial charge in [-0.05, 0) is 37.8 Å². The largest absolute Gasteiger partial charge is 0.393 e. The fraction of sp³-hybridized carbons (Fsp3) is 0.500. The second kappa shape index (κ2) is 5.63. The van der Waals surface area contributed by atoms with Gasteiger partial charge in [0.25, 0.3) is 0 Å². The first-order chi connectivity index (χ1) is 8.24. The van der Waals surface area contributed by atoms with Gasteiger partial charge in [-0.1, -0.05) is 0 Å². The van der Waals surface area contributed by atoms with Crippen LogP contribution in [0.25, 0.3) is 0 Å². The molecule has 2 amide bonds. The zero-order chi connectivity index (χ0) is 12.1. The van der Waals surface area contributed by atoms with Gasteiger partial charge in [0.2, 0.25) is 0 Å². The van der Waals surface area contributed by atoms with Crippen molar-refractivity contribution in [3.05, 3.63) is 24.5 Å². The number of nitrogens with zero attached hydrogens (tertiary/aromatic N) is 1. The van der Waals surface area contributed by atoms with Gasteiger partial charge in [-0.15, -0.1) is 0 Å². The van der Waals surface area contributed by atoms with E-state index >= 15 is 0 Å². The molecule has 0 aliphatic heterocycles. The molecular weight excluding hydrogens is 218 g/mol. The van der Waals surface area contributed by atoms with Crippen molar-refractivity contribution >= 4 is 11.7 Å². The minimum atomic E-state index is -0.198. The SMILES string of the molecule is O=C(Nc1ccncc1)NC1CCC(O)CC1. The average molecular weight is 235 g/mol. The fourth-order valence-electron chi connectivity index (χ4n) is 2.01. The smallest absolute Gasteiger partial charge is 0.319 e. The molecule has 17 heavy (non-hydrogen) atoms. The summed E-state index contributed by atoms with van der Waals surface area (Å²) in [5.41, 5.74) is 0.730. The molecule has 1 aromatic rings. The molecule has 1 heterocycles. The number of aliphatic hydroxyl groups is 1. The number of rotatable bonds is 2. The van der Waals surface area contributed by atoms with E-state index in [1.165, 1.54) is 0 Å². The molecular formula is C12H17N3O2. The summed E-state index contributed by atoms with van der Waals surface area (Å²) in [6, 6.07) is 3.45. The Labute approximate surface area is 100 Å². The number of carbonyl (C=O) groups is 1. The van der Waals surface area contributed by atoms with Crippen LogP contribution in [0.1, 0.15) is 25.7 Å². The Balaban J connectivity index is 1.78. The van der Waals surface area contributed by atoms with Gasteiger partial charge in [0.15, 0.2) is 0 Å². The molecule has 0 aromatic carbocycles. The molecule has 1 aromatic heterocycles. The Kier molecular flexibility index (Phi) is 3.93. The van der Waals surface area contributed by atoms with Crippen molar-refractivity contribution < 1.29 is 9.90 Å². The minimum Gasteiger partial charge on any atom is -0.393 e. The molecule has 5 heteroatoms. The summed E-state index contributed by atoms with van der Waals surface area (Å²) >= 11 is 0. The predicted molar refractivity (Wildman–Crippen MR) is 64.7 cm³/mol. The van der Waals surface area contributed by atoms with E-state index in [1.54, 1.807) is 24.5 Å². The highest BCUT2D eigenvalue weighted by molar-refractivity contribution is 5.89. The van der Waals surface area contributed by atoms with Crippen LogP contribution in [-0.2, 0) is 0 Å². The molecule has 3 N–H and O–H groups in total. The number of aromatic nitrogens is 1. The highest BCUT2D eigenvalue weighted by atomic mass is 16.3. The number of hydrogen-bond acceptors (Lipinski definition) is 3. The molecule has 0 spiro atoms. The third-order valence-corrected chi connectivity index (χ3v) is 2.97. The van der Waals surface area contributed by atoms with Gasteiger partial charge in [-0.25, -0.2) is 4.79 Å². The standard InChI is InChI=1S/C12H17N3O2/c16-11-3-1-9(2-4-11)14-12(17)15-10-5-7-13-8-6-10/h5-9,11,16H,1-4H2,(H2,13,14,15,17). The first-order valence-corrected chi connectivity index (χ1v) is 5.89. The van der Waals surface area contributed by atoms with Gasteiger partial charge in [-0.3, -0.25) is 4.98 Å². The van der Waals surface area contributed by atoms with Gasteiger partial charge in [0, 0.05) is 24.1 Å². The summed E-state index contributed by atoms with van der Waals surface area (Å²) in [6.45, 7) is 0. The summed E-state index contributed by atoms with van der Waals surface area (Å²) in [5.74, 6) is 0. The van der Waals surface area contributed by atoms with Gasteiger partial charge < -0.3 is 15.7 Å².